The SMILES string of the molecule is COc1ccc(Cl)cc1C(=O)NNC(=O)[C@H]1CCCO1. The smallest absolute Gasteiger partial charge is 0.273 e. The number of nitrogens with one attached hydrogen (secondary N) is 2. The van der Waals surface area contributed by atoms with Gasteiger partial charge in [0.1, 0.15) is 11.9 Å². The first-order valence-corrected chi connectivity index (χ1v) is 6.55. The number of carbonyl (C=O) groups is 2. The van der Waals surface area contributed by atoms with Gasteiger partial charge in [-0.05, 0) is 31.0 Å². The summed E-state index contributed by atoms with van der Waals surface area (Å²) in [6.45, 7) is 0.564. The fourth-order valence-corrected chi connectivity index (χ4v) is 2.08. The van der Waals surface area contributed by atoms with Crippen molar-refractivity contribution in [2.75, 3.05) is 13.7 Å². The van der Waals surface area contributed by atoms with Crippen molar-refractivity contribution in [3.8, 4) is 5.75 Å². The standard InChI is InChI=1S/C13H15ClN2O4/c1-19-10-5-4-8(14)7-9(10)12(17)15-16-13(18)11-3-2-6-20-11/h4-5,7,11H,2-3,6H2,1H3,(H,15,17)(H,16,18)/t11-/m1/s1. The molecule has 0 spiro atoms. The molecule has 7 heteroatoms. The summed E-state index contributed by atoms with van der Waals surface area (Å²) in [6.07, 6.45) is 0.993. The van der Waals surface area contributed by atoms with Gasteiger partial charge in [-0.1, -0.05) is 11.6 Å². The Bertz CT molecular complexity index is 515. The van der Waals surface area contributed by atoms with Crippen molar-refractivity contribution >= 4 is 23.4 Å². The number of halogens is 1. The number of ether oxygens (including phenoxy) is 2. The topological polar surface area (TPSA) is 76.7 Å². The van der Waals surface area contributed by atoms with Crippen LogP contribution >= 0.6 is 11.6 Å². The summed E-state index contributed by atoms with van der Waals surface area (Å²) in [5.74, 6) is -0.495. The summed E-state index contributed by atoms with van der Waals surface area (Å²) in [4.78, 5) is 23.7. The third kappa shape index (κ3) is 3.40. The van der Waals surface area contributed by atoms with Gasteiger partial charge in [-0.3, -0.25) is 20.4 Å². The van der Waals surface area contributed by atoms with Crippen molar-refractivity contribution in [2.24, 2.45) is 0 Å². The van der Waals surface area contributed by atoms with Crippen LogP contribution in [0.2, 0.25) is 5.02 Å². The first-order valence-electron chi connectivity index (χ1n) is 6.17. The fraction of sp³-hybridized carbons (Fsp3) is 0.385. The number of amides is 2. The molecule has 1 atom stereocenters. The zero-order chi connectivity index (χ0) is 14.5. The number of hydrazine groups is 1. The molecule has 20 heavy (non-hydrogen) atoms. The summed E-state index contributed by atoms with van der Waals surface area (Å²) < 4.78 is 10.3. The largest absolute Gasteiger partial charge is 0.496 e. The Morgan fingerprint density at radius 3 is 2.85 bits per heavy atom. The molecular weight excluding hydrogens is 284 g/mol. The molecule has 108 valence electrons. The second kappa shape index (κ2) is 6.58. The molecule has 2 amide bonds. The Morgan fingerprint density at radius 1 is 1.40 bits per heavy atom. The highest BCUT2D eigenvalue weighted by molar-refractivity contribution is 6.31. The maximum atomic E-state index is 12.0. The molecule has 6 nitrogen and oxygen atoms in total. The number of benzene rings is 1. The van der Waals surface area contributed by atoms with Gasteiger partial charge in [-0.15, -0.1) is 0 Å². The molecule has 0 saturated carbocycles. The predicted octanol–water partition coefficient (Wildman–Crippen LogP) is 1.29. The fourth-order valence-electron chi connectivity index (χ4n) is 1.91. The molecule has 1 aliphatic heterocycles. The zero-order valence-electron chi connectivity index (χ0n) is 10.9. The van der Waals surface area contributed by atoms with Gasteiger partial charge in [-0.2, -0.15) is 0 Å². The second-order valence-corrected chi connectivity index (χ2v) is 4.73. The Kier molecular flexibility index (Phi) is 4.81. The molecule has 0 bridgehead atoms. The van der Waals surface area contributed by atoms with Crippen LogP contribution in [0.25, 0.3) is 0 Å². The molecule has 0 aliphatic carbocycles. The first-order chi connectivity index (χ1) is 9.61. The molecule has 0 radical (unpaired) electrons. The third-order valence-electron chi connectivity index (χ3n) is 2.93. The van der Waals surface area contributed by atoms with Crippen molar-refractivity contribution in [1.29, 1.82) is 0 Å². The van der Waals surface area contributed by atoms with Crippen LogP contribution in [0.4, 0.5) is 0 Å². The molecule has 1 aromatic carbocycles. The quantitative estimate of drug-likeness (QED) is 0.825. The van der Waals surface area contributed by atoms with Gasteiger partial charge in [0.25, 0.3) is 11.8 Å². The van der Waals surface area contributed by atoms with Crippen LogP contribution in [0.3, 0.4) is 0 Å². The normalized spacial score (nSPS) is 17.6. The van der Waals surface area contributed by atoms with Crippen LogP contribution in [0.5, 0.6) is 5.75 Å². The highest BCUT2D eigenvalue weighted by atomic mass is 35.5. The summed E-state index contributed by atoms with van der Waals surface area (Å²) in [7, 11) is 1.45. The minimum absolute atomic E-state index is 0.243. The Hall–Kier alpha value is -1.79. The molecule has 1 heterocycles. The lowest BCUT2D eigenvalue weighted by molar-refractivity contribution is -0.130. The van der Waals surface area contributed by atoms with Crippen LogP contribution in [-0.4, -0.2) is 31.6 Å². The highest BCUT2D eigenvalue weighted by Gasteiger charge is 2.24. The minimum Gasteiger partial charge on any atom is -0.496 e. The van der Waals surface area contributed by atoms with E-state index < -0.39 is 12.0 Å². The maximum Gasteiger partial charge on any atom is 0.273 e. The lowest BCUT2D eigenvalue weighted by Gasteiger charge is -2.13. The van der Waals surface area contributed by atoms with E-state index in [1.807, 2.05) is 0 Å². The van der Waals surface area contributed by atoms with E-state index in [-0.39, 0.29) is 11.5 Å². The summed E-state index contributed by atoms with van der Waals surface area (Å²) >= 11 is 5.84. The van der Waals surface area contributed by atoms with E-state index in [2.05, 4.69) is 10.9 Å². The van der Waals surface area contributed by atoms with Crippen molar-refractivity contribution < 1.29 is 19.1 Å². The van der Waals surface area contributed by atoms with Crippen LogP contribution in [0.15, 0.2) is 18.2 Å². The predicted molar refractivity (Wildman–Crippen MR) is 72.6 cm³/mol. The van der Waals surface area contributed by atoms with Crippen LogP contribution in [0.1, 0.15) is 23.2 Å². The Balaban J connectivity index is 1.97. The Labute approximate surface area is 121 Å². The van der Waals surface area contributed by atoms with E-state index in [1.54, 1.807) is 12.1 Å². The number of hydrogen-bond acceptors (Lipinski definition) is 4. The van der Waals surface area contributed by atoms with Crippen molar-refractivity contribution in [3.63, 3.8) is 0 Å². The third-order valence-corrected chi connectivity index (χ3v) is 3.16. The zero-order valence-corrected chi connectivity index (χ0v) is 11.7. The molecular formula is C13H15ClN2O4. The van der Waals surface area contributed by atoms with E-state index in [4.69, 9.17) is 21.1 Å². The number of hydrogen-bond donors (Lipinski definition) is 2. The molecule has 1 aromatic rings. The van der Waals surface area contributed by atoms with Crippen LogP contribution in [0, 0.1) is 0 Å². The molecule has 1 saturated heterocycles. The average Bonchev–Trinajstić information content (AvgIpc) is 2.98. The van der Waals surface area contributed by atoms with Gasteiger partial charge in [-0.25, -0.2) is 0 Å². The molecule has 0 aromatic heterocycles. The number of rotatable bonds is 3. The van der Waals surface area contributed by atoms with Crippen molar-refractivity contribution in [1.82, 2.24) is 10.9 Å². The maximum absolute atomic E-state index is 12.0. The van der Waals surface area contributed by atoms with Gasteiger partial charge < -0.3 is 9.47 Å². The van der Waals surface area contributed by atoms with Crippen molar-refractivity contribution in [2.45, 2.75) is 18.9 Å². The molecule has 2 rings (SSSR count). The van der Waals surface area contributed by atoms with E-state index in [1.165, 1.54) is 13.2 Å². The second-order valence-electron chi connectivity index (χ2n) is 4.29. The minimum atomic E-state index is -0.504. The van der Waals surface area contributed by atoms with Gasteiger partial charge in [0.05, 0.1) is 12.7 Å². The highest BCUT2D eigenvalue weighted by Crippen LogP contribution is 2.22. The summed E-state index contributed by atoms with van der Waals surface area (Å²) in [5, 5.41) is 0.404. The van der Waals surface area contributed by atoms with Gasteiger partial charge in [0, 0.05) is 11.6 Å². The first kappa shape index (κ1) is 14.6. The molecule has 0 unspecified atom stereocenters. The lowest BCUT2D eigenvalue weighted by atomic mass is 10.2. The van der Waals surface area contributed by atoms with Gasteiger partial charge in [0.2, 0.25) is 0 Å². The number of carbonyl (C=O) groups excluding carboxylic acids is 2. The van der Waals surface area contributed by atoms with E-state index in [9.17, 15) is 9.59 Å². The molecule has 1 fully saturated rings. The van der Waals surface area contributed by atoms with E-state index in [0.29, 0.717) is 23.8 Å². The Morgan fingerprint density at radius 2 is 2.20 bits per heavy atom. The van der Waals surface area contributed by atoms with Crippen LogP contribution in [-0.2, 0) is 9.53 Å². The summed E-state index contributed by atoms with van der Waals surface area (Å²) in [6, 6.07) is 4.66. The van der Waals surface area contributed by atoms with E-state index in [0.717, 1.165) is 6.42 Å². The number of methoxy groups -OCH3 is 1. The lowest BCUT2D eigenvalue weighted by Crippen LogP contribution is -2.46. The van der Waals surface area contributed by atoms with Crippen molar-refractivity contribution in [3.05, 3.63) is 28.8 Å². The van der Waals surface area contributed by atoms with E-state index >= 15 is 0 Å². The molecule has 1 aliphatic rings. The van der Waals surface area contributed by atoms with Gasteiger partial charge >= 0.3 is 0 Å². The van der Waals surface area contributed by atoms with Gasteiger partial charge in [0.15, 0.2) is 0 Å². The average molecular weight is 299 g/mol. The summed E-state index contributed by atoms with van der Waals surface area (Å²) in [5.41, 5.74) is 4.90. The van der Waals surface area contributed by atoms with Crippen LogP contribution < -0.4 is 15.6 Å². The molecule has 2 N–H and O–H groups in total. The monoisotopic (exact) mass is 298 g/mol.